The number of rotatable bonds is 10. The minimum absolute atomic E-state index is 0.0247. The second-order valence-electron chi connectivity index (χ2n) is 17.5. The van der Waals surface area contributed by atoms with Crippen molar-refractivity contribution in [3.05, 3.63) is 42.4 Å². The number of allylic oxidation sites excluding steroid dienone is 1. The molecular weight excluding hydrogens is 796 g/mol. The van der Waals surface area contributed by atoms with Gasteiger partial charge in [-0.3, -0.25) is 24.0 Å². The molecule has 6 rings (SSSR count). The van der Waals surface area contributed by atoms with Gasteiger partial charge in [-0.05, 0) is 94.7 Å². The van der Waals surface area contributed by atoms with Crippen LogP contribution in [0.15, 0.2) is 36.5 Å². The summed E-state index contributed by atoms with van der Waals surface area (Å²) in [7, 11) is -2.80. The highest BCUT2D eigenvalue weighted by molar-refractivity contribution is 7.91. The van der Waals surface area contributed by atoms with Crippen molar-refractivity contribution in [3.63, 3.8) is 0 Å². The molecule has 1 aromatic heterocycles. The fourth-order valence-electron chi connectivity index (χ4n) is 8.40. The normalized spacial score (nSPS) is 29.2. The molecular formula is C41H54F3N5O9S. The van der Waals surface area contributed by atoms with Crippen LogP contribution < -0.4 is 19.5 Å². The van der Waals surface area contributed by atoms with E-state index in [2.05, 4.69) is 15.0 Å². The quantitative estimate of drug-likeness (QED) is 0.248. The van der Waals surface area contributed by atoms with Crippen molar-refractivity contribution in [2.75, 3.05) is 13.7 Å². The number of carboxylic acid groups (broad SMARTS) is 1. The zero-order valence-corrected chi connectivity index (χ0v) is 35.2. The molecule has 2 aliphatic heterocycles. The standard InChI is InChI=1S/C41H54F3N5O9S/c1-8-24-17-23(2)11-9-10-12-26-21-41(26,36(52)47-59(55,56)39(5)14-15-39)46-33(50)30-19-27(58-34-28-20-29(42)31(57-7)18-25(28)13-16-45-34)22-48(30)35(51)32(24)49(37(53)54)38(3,4)40(6,43)44/h10,12-13,16,18,20,23-24,26-27,30,32H,8-9,11,14-15,17,19,21-22H2,1-7H3,(H,46,50)(H,47,52)(H,53,54)/b12-10-/t23-,24+,26+,27+,30-,32-,41+/m0/s1. The van der Waals surface area contributed by atoms with Gasteiger partial charge in [0, 0.05) is 30.8 Å². The van der Waals surface area contributed by atoms with E-state index in [9.17, 15) is 32.3 Å². The molecule has 59 heavy (non-hydrogen) atoms. The molecule has 0 unspecified atom stereocenters. The van der Waals surface area contributed by atoms with E-state index < -0.39 is 91.4 Å². The molecule has 3 heterocycles. The minimum Gasteiger partial charge on any atom is -0.494 e. The smallest absolute Gasteiger partial charge is 0.408 e. The number of ether oxygens (including phenoxy) is 2. The Morgan fingerprint density at radius 3 is 2.47 bits per heavy atom. The van der Waals surface area contributed by atoms with Crippen LogP contribution in [0.3, 0.4) is 0 Å². The van der Waals surface area contributed by atoms with E-state index in [-0.39, 0.29) is 55.2 Å². The van der Waals surface area contributed by atoms with E-state index in [1.165, 1.54) is 32.4 Å². The summed E-state index contributed by atoms with van der Waals surface area (Å²) in [5.41, 5.74) is -4.11. The predicted octanol–water partition coefficient (Wildman–Crippen LogP) is 5.79. The Bertz CT molecular complexity index is 2140. The Hall–Kier alpha value is -4.61. The first-order valence-corrected chi connectivity index (χ1v) is 21.5. The van der Waals surface area contributed by atoms with Crippen molar-refractivity contribution in [2.45, 2.75) is 133 Å². The van der Waals surface area contributed by atoms with Crippen molar-refractivity contribution in [1.29, 1.82) is 0 Å². The number of amides is 4. The van der Waals surface area contributed by atoms with E-state index in [1.807, 2.05) is 13.0 Å². The lowest BCUT2D eigenvalue weighted by atomic mass is 9.81. The Kier molecular flexibility index (Phi) is 11.8. The van der Waals surface area contributed by atoms with Crippen LogP contribution >= 0.6 is 0 Å². The van der Waals surface area contributed by atoms with Crippen molar-refractivity contribution in [1.82, 2.24) is 24.8 Å². The van der Waals surface area contributed by atoms with Crippen LogP contribution in [-0.2, 0) is 24.4 Å². The van der Waals surface area contributed by atoms with Gasteiger partial charge < -0.3 is 24.8 Å². The van der Waals surface area contributed by atoms with Crippen molar-refractivity contribution in [3.8, 4) is 11.6 Å². The van der Waals surface area contributed by atoms with E-state index >= 15 is 13.6 Å². The highest BCUT2D eigenvalue weighted by Gasteiger charge is 2.63. The summed E-state index contributed by atoms with van der Waals surface area (Å²) in [5, 5.41) is 14.2. The van der Waals surface area contributed by atoms with Crippen LogP contribution in [0.1, 0.15) is 92.9 Å². The Morgan fingerprint density at radius 2 is 1.86 bits per heavy atom. The van der Waals surface area contributed by atoms with Crippen molar-refractivity contribution >= 4 is 44.6 Å². The second-order valence-corrected chi connectivity index (χ2v) is 19.7. The monoisotopic (exact) mass is 849 g/mol. The summed E-state index contributed by atoms with van der Waals surface area (Å²) in [6.07, 6.45) is 4.36. The van der Waals surface area contributed by atoms with Crippen LogP contribution in [0, 0.1) is 23.6 Å². The minimum atomic E-state index is -4.12. The molecule has 0 radical (unpaired) electrons. The van der Waals surface area contributed by atoms with E-state index in [1.54, 1.807) is 19.1 Å². The second kappa shape index (κ2) is 15.8. The fraction of sp³-hybridized carbons (Fsp3) is 0.634. The van der Waals surface area contributed by atoms with E-state index in [0.29, 0.717) is 42.9 Å². The van der Waals surface area contributed by atoms with Gasteiger partial charge in [0.05, 0.1) is 18.4 Å². The average Bonchev–Trinajstić information content (AvgIpc) is 4.03. The number of benzene rings is 1. The SMILES string of the molecule is CC[C@@H]1C[C@@H](C)CC/C=C\[C@@H]2C[C@@]2(C(=O)NS(=O)(=O)C2(C)CC2)NC(=O)[C@@H]2C[C@@H](Oc3nccc4cc(OC)c(F)cc34)CN2C(=O)[C@H]1N(C(=O)O)C(C)(C)C(C)(F)F. The molecule has 2 aliphatic carbocycles. The molecule has 0 spiro atoms. The first-order valence-electron chi connectivity index (χ1n) is 20.0. The number of nitrogens with one attached hydrogen (secondary N) is 2. The van der Waals surface area contributed by atoms with Gasteiger partial charge in [0.15, 0.2) is 11.6 Å². The number of carbonyl (C=O) groups is 4. The fourth-order valence-corrected chi connectivity index (χ4v) is 9.71. The number of hydrogen-bond acceptors (Lipinski definition) is 9. The summed E-state index contributed by atoms with van der Waals surface area (Å²) in [6.45, 7) is 7.53. The number of pyridine rings is 1. The number of aromatic nitrogens is 1. The summed E-state index contributed by atoms with van der Waals surface area (Å²) >= 11 is 0. The molecule has 7 atom stereocenters. The lowest BCUT2D eigenvalue weighted by Crippen LogP contribution is -2.67. The number of halogens is 3. The zero-order valence-electron chi connectivity index (χ0n) is 34.4. The van der Waals surface area contributed by atoms with Gasteiger partial charge >= 0.3 is 6.09 Å². The molecule has 1 saturated heterocycles. The van der Waals surface area contributed by atoms with Gasteiger partial charge in [0.25, 0.3) is 11.8 Å². The molecule has 4 amide bonds. The van der Waals surface area contributed by atoms with Crippen LogP contribution in [-0.4, -0.2) is 106 Å². The summed E-state index contributed by atoms with van der Waals surface area (Å²) < 4.78 is 84.8. The maximum atomic E-state index is 15.4. The van der Waals surface area contributed by atoms with Gasteiger partial charge in [-0.15, -0.1) is 0 Å². The maximum absolute atomic E-state index is 15.4. The molecule has 0 bridgehead atoms. The van der Waals surface area contributed by atoms with E-state index in [4.69, 9.17) is 9.47 Å². The number of alkyl halides is 2. The molecule has 18 heteroatoms. The lowest BCUT2D eigenvalue weighted by Gasteiger charge is -2.47. The zero-order chi connectivity index (χ0) is 43.5. The Labute approximate surface area is 342 Å². The third kappa shape index (κ3) is 8.29. The highest BCUT2D eigenvalue weighted by Crippen LogP contribution is 2.48. The Morgan fingerprint density at radius 1 is 1.17 bits per heavy atom. The molecule has 14 nitrogen and oxygen atoms in total. The number of fused-ring (bicyclic) bond motifs is 3. The van der Waals surface area contributed by atoms with Crippen LogP contribution in [0.25, 0.3) is 10.8 Å². The number of hydrogen-bond donors (Lipinski definition) is 3. The number of methoxy groups -OCH3 is 1. The molecule has 324 valence electrons. The number of carbonyl (C=O) groups excluding carboxylic acids is 3. The van der Waals surface area contributed by atoms with Crippen molar-refractivity contribution < 1.29 is 55.3 Å². The average molecular weight is 850 g/mol. The van der Waals surface area contributed by atoms with Crippen LogP contribution in [0.2, 0.25) is 0 Å². The van der Waals surface area contributed by atoms with Gasteiger partial charge in [-0.1, -0.05) is 32.4 Å². The molecule has 3 fully saturated rings. The Balaban J connectivity index is 1.44. The predicted molar refractivity (Wildman–Crippen MR) is 211 cm³/mol. The van der Waals surface area contributed by atoms with Crippen LogP contribution in [0.4, 0.5) is 18.0 Å². The summed E-state index contributed by atoms with van der Waals surface area (Å²) in [5.74, 6) is -8.58. The molecule has 4 aliphatic rings. The van der Waals surface area contributed by atoms with Gasteiger partial charge in [0.1, 0.15) is 29.3 Å². The number of sulfonamides is 1. The van der Waals surface area contributed by atoms with Gasteiger partial charge in [0.2, 0.25) is 27.7 Å². The third-order valence-corrected chi connectivity index (χ3v) is 15.2. The molecule has 3 N–H and O–H groups in total. The third-order valence-electron chi connectivity index (χ3n) is 13.0. The first-order chi connectivity index (χ1) is 27.5. The highest BCUT2D eigenvalue weighted by atomic mass is 32.2. The lowest BCUT2D eigenvalue weighted by molar-refractivity contribution is -0.157. The summed E-state index contributed by atoms with van der Waals surface area (Å²) in [4.78, 5) is 62.9. The largest absolute Gasteiger partial charge is 0.494 e. The maximum Gasteiger partial charge on any atom is 0.408 e. The molecule has 2 aromatic rings. The topological polar surface area (TPSA) is 185 Å². The van der Waals surface area contributed by atoms with Gasteiger partial charge in [-0.2, -0.15) is 0 Å². The molecule has 1 aromatic carbocycles. The number of nitrogens with zero attached hydrogens (tertiary/aromatic N) is 3. The van der Waals surface area contributed by atoms with Gasteiger partial charge in [-0.25, -0.2) is 31.4 Å². The van der Waals surface area contributed by atoms with Crippen LogP contribution in [0.5, 0.6) is 11.6 Å². The first kappa shape index (κ1) is 44.0. The molecule has 2 saturated carbocycles. The van der Waals surface area contributed by atoms with Crippen molar-refractivity contribution in [2.24, 2.45) is 17.8 Å². The summed E-state index contributed by atoms with van der Waals surface area (Å²) in [6, 6.07) is 1.09. The van der Waals surface area contributed by atoms with E-state index in [0.717, 1.165) is 18.7 Å².